The van der Waals surface area contributed by atoms with E-state index in [1.165, 1.54) is 4.90 Å². The largest absolute Gasteiger partial charge is 0.326 e. The average Bonchev–Trinajstić information content (AvgIpc) is 3.11. The van der Waals surface area contributed by atoms with Gasteiger partial charge in [-0.15, -0.1) is 4.99 Å². The first kappa shape index (κ1) is 13.9. The molecular formula is C15H12Cl2N4O. The van der Waals surface area contributed by atoms with Crippen LogP contribution in [0, 0.1) is 17.4 Å². The summed E-state index contributed by atoms with van der Waals surface area (Å²) in [6, 6.07) is 5.04. The Labute approximate surface area is 137 Å². The van der Waals surface area contributed by atoms with Gasteiger partial charge in [-0.3, -0.25) is 4.79 Å². The lowest BCUT2D eigenvalue weighted by molar-refractivity contribution is -0.120. The zero-order valence-corrected chi connectivity index (χ0v) is 13.1. The predicted octanol–water partition coefficient (Wildman–Crippen LogP) is 3.03. The number of carbonyl (C=O) groups excluding carboxylic acids is 1. The van der Waals surface area contributed by atoms with Gasteiger partial charge < -0.3 is 4.90 Å². The smallest absolute Gasteiger partial charge is 0.257 e. The van der Waals surface area contributed by atoms with Crippen LogP contribution in [0.3, 0.4) is 0 Å². The van der Waals surface area contributed by atoms with Crippen molar-refractivity contribution in [2.45, 2.75) is 31.3 Å². The first-order valence-electron chi connectivity index (χ1n) is 7.15. The molecule has 3 fully saturated rings. The molecule has 7 heteroatoms. The molecule has 1 aromatic rings. The van der Waals surface area contributed by atoms with E-state index in [1.54, 1.807) is 18.2 Å². The molecule has 4 rings (SSSR count). The van der Waals surface area contributed by atoms with E-state index < -0.39 is 0 Å². The SMILES string of the molecule is N#CN=C1N(c2cc(Cl)cc(Cl)c2)C(=O)[C@H]2[C@@H]3CC[C@@H](C3)N12. The van der Waals surface area contributed by atoms with Crippen molar-refractivity contribution in [3.63, 3.8) is 0 Å². The Morgan fingerprint density at radius 1 is 1.23 bits per heavy atom. The number of hydrogen-bond acceptors (Lipinski definition) is 3. The Hall–Kier alpha value is -1.77. The summed E-state index contributed by atoms with van der Waals surface area (Å²) in [5.41, 5.74) is 0.560. The van der Waals surface area contributed by atoms with E-state index in [2.05, 4.69) is 4.99 Å². The number of piperidine rings is 1. The van der Waals surface area contributed by atoms with Crippen molar-refractivity contribution >= 4 is 40.8 Å². The maximum absolute atomic E-state index is 12.9. The van der Waals surface area contributed by atoms with Gasteiger partial charge in [-0.25, -0.2) is 4.90 Å². The maximum atomic E-state index is 12.9. The third kappa shape index (κ3) is 1.84. The van der Waals surface area contributed by atoms with Gasteiger partial charge in [-0.1, -0.05) is 23.2 Å². The molecule has 0 radical (unpaired) electrons. The van der Waals surface area contributed by atoms with Gasteiger partial charge in [0, 0.05) is 16.1 Å². The molecule has 1 aromatic carbocycles. The van der Waals surface area contributed by atoms with Crippen LogP contribution in [0.5, 0.6) is 0 Å². The van der Waals surface area contributed by atoms with Gasteiger partial charge in [0.15, 0.2) is 0 Å². The molecule has 1 amide bonds. The zero-order valence-electron chi connectivity index (χ0n) is 11.5. The summed E-state index contributed by atoms with van der Waals surface area (Å²) in [4.78, 5) is 20.3. The van der Waals surface area contributed by atoms with E-state index in [9.17, 15) is 4.79 Å². The Bertz CT molecular complexity index is 721. The highest BCUT2D eigenvalue weighted by atomic mass is 35.5. The highest BCUT2D eigenvalue weighted by molar-refractivity contribution is 6.35. The second-order valence-electron chi connectivity index (χ2n) is 5.89. The van der Waals surface area contributed by atoms with E-state index in [0.29, 0.717) is 33.7 Å². The number of benzene rings is 1. The molecule has 0 N–H and O–H groups in total. The van der Waals surface area contributed by atoms with Crippen LogP contribution < -0.4 is 4.90 Å². The normalized spacial score (nSPS) is 31.0. The molecule has 3 aliphatic rings. The number of nitriles is 1. The number of fused-ring (bicyclic) bond motifs is 5. The molecule has 3 atom stereocenters. The van der Waals surface area contributed by atoms with Gasteiger partial charge in [-0.2, -0.15) is 5.26 Å². The van der Waals surface area contributed by atoms with E-state index in [-0.39, 0.29) is 11.9 Å². The van der Waals surface area contributed by atoms with Crippen LogP contribution in [0.2, 0.25) is 10.0 Å². The van der Waals surface area contributed by atoms with E-state index in [1.807, 2.05) is 11.1 Å². The van der Waals surface area contributed by atoms with Crippen molar-refractivity contribution in [1.29, 1.82) is 5.26 Å². The fourth-order valence-electron chi connectivity index (χ4n) is 4.00. The molecule has 2 heterocycles. The molecule has 0 aromatic heterocycles. The van der Waals surface area contributed by atoms with Crippen molar-refractivity contribution in [3.05, 3.63) is 28.2 Å². The summed E-state index contributed by atoms with van der Waals surface area (Å²) in [5, 5.41) is 9.91. The van der Waals surface area contributed by atoms with Gasteiger partial charge in [0.05, 0.1) is 5.69 Å². The average molecular weight is 335 g/mol. The van der Waals surface area contributed by atoms with Gasteiger partial charge in [0.2, 0.25) is 12.2 Å². The Morgan fingerprint density at radius 3 is 2.64 bits per heavy atom. The number of halogens is 2. The lowest BCUT2D eigenvalue weighted by Crippen LogP contribution is -2.41. The molecule has 1 aliphatic carbocycles. The summed E-state index contributed by atoms with van der Waals surface area (Å²) in [6.07, 6.45) is 4.92. The molecule has 0 unspecified atom stereocenters. The summed E-state index contributed by atoms with van der Waals surface area (Å²) in [6.45, 7) is 0. The standard InChI is InChI=1S/C15H12Cl2N4O/c16-9-4-10(17)6-12(5-9)21-14(22)13-8-1-2-11(3-8)20(13)15(21)19-7-18/h4-6,8,11,13H,1-3H2/t8-,11+,13-/m1/s1. The van der Waals surface area contributed by atoms with Gasteiger partial charge in [0.25, 0.3) is 5.91 Å². The highest BCUT2D eigenvalue weighted by Crippen LogP contribution is 2.47. The van der Waals surface area contributed by atoms with Crippen LogP contribution >= 0.6 is 23.2 Å². The van der Waals surface area contributed by atoms with Crippen molar-refractivity contribution in [2.75, 3.05) is 4.90 Å². The highest BCUT2D eigenvalue weighted by Gasteiger charge is 2.58. The number of carbonyl (C=O) groups is 1. The summed E-state index contributed by atoms with van der Waals surface area (Å²) in [7, 11) is 0. The first-order valence-corrected chi connectivity index (χ1v) is 7.91. The number of amides is 1. The van der Waals surface area contributed by atoms with E-state index in [4.69, 9.17) is 28.5 Å². The van der Waals surface area contributed by atoms with Crippen molar-refractivity contribution in [1.82, 2.24) is 4.90 Å². The fraction of sp³-hybridized carbons (Fsp3) is 0.400. The predicted molar refractivity (Wildman–Crippen MR) is 83.8 cm³/mol. The number of anilines is 1. The molecule has 1 saturated carbocycles. The number of nitrogens with zero attached hydrogens (tertiary/aromatic N) is 4. The van der Waals surface area contributed by atoms with Gasteiger partial charge >= 0.3 is 0 Å². The third-order valence-corrected chi connectivity index (χ3v) is 5.18. The maximum Gasteiger partial charge on any atom is 0.257 e. The molecule has 112 valence electrons. The number of rotatable bonds is 1. The monoisotopic (exact) mass is 334 g/mol. The van der Waals surface area contributed by atoms with Crippen LogP contribution in [0.15, 0.2) is 23.2 Å². The second kappa shape index (κ2) is 4.87. The molecule has 22 heavy (non-hydrogen) atoms. The Morgan fingerprint density at radius 2 is 1.95 bits per heavy atom. The van der Waals surface area contributed by atoms with Crippen LogP contribution in [0.25, 0.3) is 0 Å². The van der Waals surface area contributed by atoms with Crippen molar-refractivity contribution in [2.24, 2.45) is 10.9 Å². The Balaban J connectivity index is 1.83. The third-order valence-electron chi connectivity index (χ3n) is 4.74. The van der Waals surface area contributed by atoms with Gasteiger partial charge in [-0.05, 0) is 43.4 Å². The molecule has 5 nitrogen and oxygen atoms in total. The number of hydrogen-bond donors (Lipinski definition) is 0. The fourth-order valence-corrected chi connectivity index (χ4v) is 4.52. The van der Waals surface area contributed by atoms with Gasteiger partial charge in [0.1, 0.15) is 6.04 Å². The van der Waals surface area contributed by atoms with Crippen LogP contribution in [0.4, 0.5) is 5.69 Å². The minimum absolute atomic E-state index is 0.0421. The van der Waals surface area contributed by atoms with E-state index in [0.717, 1.165) is 19.3 Å². The van der Waals surface area contributed by atoms with Crippen molar-refractivity contribution in [3.8, 4) is 6.19 Å². The summed E-state index contributed by atoms with van der Waals surface area (Å²) < 4.78 is 0. The quantitative estimate of drug-likeness (QED) is 0.741. The first-order chi connectivity index (χ1) is 10.6. The minimum atomic E-state index is -0.205. The second-order valence-corrected chi connectivity index (χ2v) is 6.77. The molecule has 2 aliphatic heterocycles. The molecular weight excluding hydrogens is 323 g/mol. The minimum Gasteiger partial charge on any atom is -0.326 e. The zero-order chi connectivity index (χ0) is 15.4. The summed E-state index contributed by atoms with van der Waals surface area (Å²) >= 11 is 12.1. The molecule has 0 spiro atoms. The number of aliphatic imine (C=N–C) groups is 1. The van der Waals surface area contributed by atoms with Crippen molar-refractivity contribution < 1.29 is 4.79 Å². The number of guanidine groups is 1. The van der Waals surface area contributed by atoms with Crippen LogP contribution in [-0.4, -0.2) is 28.9 Å². The molecule has 2 saturated heterocycles. The lowest BCUT2D eigenvalue weighted by atomic mass is 9.99. The van der Waals surface area contributed by atoms with Crippen LogP contribution in [0.1, 0.15) is 19.3 Å². The lowest BCUT2D eigenvalue weighted by Gasteiger charge is -2.28. The molecule has 2 bridgehead atoms. The Kier molecular flexibility index (Phi) is 3.07. The van der Waals surface area contributed by atoms with Crippen LogP contribution in [-0.2, 0) is 4.79 Å². The van der Waals surface area contributed by atoms with E-state index >= 15 is 0 Å². The topological polar surface area (TPSA) is 59.7 Å². The summed E-state index contributed by atoms with van der Waals surface area (Å²) in [5.74, 6) is 0.712.